The van der Waals surface area contributed by atoms with Crippen LogP contribution in [-0.2, 0) is 12.8 Å². The molecule has 2 aromatic rings. The topological polar surface area (TPSA) is 26.0 Å². The fraction of sp³-hybridized carbons (Fsp3) is 0.294. The number of hydrogen-bond donors (Lipinski definition) is 1. The van der Waals surface area contributed by atoms with Gasteiger partial charge in [0.25, 0.3) is 0 Å². The number of hydrogen-bond acceptors (Lipinski definition) is 1. The fourth-order valence-corrected chi connectivity index (χ4v) is 2.24. The quantitative estimate of drug-likeness (QED) is 0.784. The van der Waals surface area contributed by atoms with Gasteiger partial charge in [-0.1, -0.05) is 50.6 Å². The number of rotatable bonds is 4. The molecule has 0 heterocycles. The third-order valence-electron chi connectivity index (χ3n) is 3.35. The van der Waals surface area contributed by atoms with Crippen LogP contribution < -0.4 is 5.73 Å². The van der Waals surface area contributed by atoms with Crippen molar-refractivity contribution in [3.05, 3.63) is 53.6 Å². The van der Waals surface area contributed by atoms with Gasteiger partial charge in [-0.15, -0.1) is 0 Å². The number of anilines is 1. The minimum atomic E-state index is 0.892. The molecule has 2 N–H and O–H groups in total. The van der Waals surface area contributed by atoms with Crippen LogP contribution in [0, 0.1) is 0 Å². The van der Waals surface area contributed by atoms with E-state index in [9.17, 15) is 0 Å². The molecule has 0 fully saturated rings. The lowest BCUT2D eigenvalue weighted by Crippen LogP contribution is -1.93. The van der Waals surface area contributed by atoms with Crippen LogP contribution in [0.25, 0.3) is 11.1 Å². The maximum absolute atomic E-state index is 5.94. The Morgan fingerprint density at radius 1 is 0.889 bits per heavy atom. The summed E-state index contributed by atoms with van der Waals surface area (Å²) in [5, 5.41) is 0. The molecule has 0 unspecified atom stereocenters. The highest BCUT2D eigenvalue weighted by Crippen LogP contribution is 2.24. The van der Waals surface area contributed by atoms with Gasteiger partial charge in [0.1, 0.15) is 0 Å². The Hall–Kier alpha value is -1.76. The molecular formula is C17H21N. The normalized spacial score (nSPS) is 10.6. The van der Waals surface area contributed by atoms with Gasteiger partial charge in [0, 0.05) is 5.69 Å². The van der Waals surface area contributed by atoms with Gasteiger partial charge >= 0.3 is 0 Å². The molecule has 0 saturated heterocycles. The van der Waals surface area contributed by atoms with Crippen LogP contribution in [0.4, 0.5) is 5.69 Å². The largest absolute Gasteiger partial charge is 0.399 e. The van der Waals surface area contributed by atoms with Gasteiger partial charge in [0.15, 0.2) is 0 Å². The summed E-state index contributed by atoms with van der Waals surface area (Å²) in [6.07, 6.45) is 3.33. The Kier molecular flexibility index (Phi) is 4.03. The minimum Gasteiger partial charge on any atom is -0.399 e. The molecule has 0 bridgehead atoms. The first-order valence-electron chi connectivity index (χ1n) is 6.72. The summed E-state index contributed by atoms with van der Waals surface area (Å²) < 4.78 is 0. The lowest BCUT2D eigenvalue weighted by Gasteiger charge is -2.08. The minimum absolute atomic E-state index is 0.892. The van der Waals surface area contributed by atoms with Crippen molar-refractivity contribution in [2.75, 3.05) is 5.73 Å². The second kappa shape index (κ2) is 5.72. The lowest BCUT2D eigenvalue weighted by atomic mass is 9.99. The Morgan fingerprint density at radius 2 is 1.56 bits per heavy atom. The summed E-state index contributed by atoms with van der Waals surface area (Å²) >= 11 is 0. The number of nitrogen functional groups attached to an aromatic ring is 1. The molecule has 0 aliphatic heterocycles. The van der Waals surface area contributed by atoms with Crippen LogP contribution in [0.1, 0.15) is 31.4 Å². The molecule has 1 nitrogen and oxygen atoms in total. The highest BCUT2D eigenvalue weighted by atomic mass is 14.6. The van der Waals surface area contributed by atoms with Gasteiger partial charge in [-0.3, -0.25) is 0 Å². The predicted octanol–water partition coefficient (Wildman–Crippen LogP) is 4.45. The summed E-state index contributed by atoms with van der Waals surface area (Å²) in [7, 11) is 0. The first-order valence-corrected chi connectivity index (χ1v) is 6.72. The van der Waals surface area contributed by atoms with Crippen molar-refractivity contribution in [2.45, 2.75) is 33.1 Å². The second-order valence-electron chi connectivity index (χ2n) is 4.71. The summed E-state index contributed by atoms with van der Waals surface area (Å²) in [5.41, 5.74) is 12.0. The molecule has 0 radical (unpaired) electrons. The van der Waals surface area contributed by atoms with E-state index in [0.29, 0.717) is 0 Å². The predicted molar refractivity (Wildman–Crippen MR) is 79.7 cm³/mol. The monoisotopic (exact) mass is 239 g/mol. The van der Waals surface area contributed by atoms with E-state index in [4.69, 9.17) is 5.73 Å². The average Bonchev–Trinajstić information content (AvgIpc) is 2.41. The summed E-state index contributed by atoms with van der Waals surface area (Å²) in [4.78, 5) is 0. The van der Waals surface area contributed by atoms with Crippen LogP contribution in [0.5, 0.6) is 0 Å². The van der Waals surface area contributed by atoms with E-state index in [0.717, 1.165) is 18.5 Å². The zero-order chi connectivity index (χ0) is 13.0. The van der Waals surface area contributed by atoms with Crippen LogP contribution in [0.3, 0.4) is 0 Å². The van der Waals surface area contributed by atoms with Crippen LogP contribution in [0.2, 0.25) is 0 Å². The van der Waals surface area contributed by atoms with Gasteiger partial charge in [0.2, 0.25) is 0 Å². The van der Waals surface area contributed by atoms with Crippen molar-refractivity contribution in [1.82, 2.24) is 0 Å². The Balaban J connectivity index is 2.30. The number of benzene rings is 2. The third kappa shape index (κ3) is 2.73. The van der Waals surface area contributed by atoms with E-state index in [2.05, 4.69) is 50.2 Å². The van der Waals surface area contributed by atoms with E-state index < -0.39 is 0 Å². The number of aryl methyl sites for hydroxylation is 2. The first-order chi connectivity index (χ1) is 8.74. The fourth-order valence-electron chi connectivity index (χ4n) is 2.24. The Labute approximate surface area is 110 Å². The molecule has 1 heteroatoms. The van der Waals surface area contributed by atoms with Crippen LogP contribution >= 0.6 is 0 Å². The second-order valence-corrected chi connectivity index (χ2v) is 4.71. The number of nitrogens with two attached hydrogens (primary N) is 1. The van der Waals surface area contributed by atoms with Crippen molar-refractivity contribution in [3.63, 3.8) is 0 Å². The molecule has 2 aromatic carbocycles. The van der Waals surface area contributed by atoms with Crippen molar-refractivity contribution in [1.29, 1.82) is 0 Å². The molecular weight excluding hydrogens is 218 g/mol. The average molecular weight is 239 g/mol. The zero-order valence-corrected chi connectivity index (χ0v) is 11.2. The molecule has 0 amide bonds. The van der Waals surface area contributed by atoms with Gasteiger partial charge in [-0.2, -0.15) is 0 Å². The Bertz CT molecular complexity index is 512. The summed E-state index contributed by atoms with van der Waals surface area (Å²) in [6.45, 7) is 4.35. The molecule has 2 rings (SSSR count). The van der Waals surface area contributed by atoms with E-state index >= 15 is 0 Å². The van der Waals surface area contributed by atoms with Gasteiger partial charge in [-0.25, -0.2) is 0 Å². The van der Waals surface area contributed by atoms with Gasteiger partial charge in [-0.05, 0) is 47.2 Å². The molecule has 0 saturated carbocycles. The SMILES string of the molecule is CCCc1ccc(-c2ccc(N)c(CC)c2)cc1. The zero-order valence-electron chi connectivity index (χ0n) is 11.2. The summed E-state index contributed by atoms with van der Waals surface area (Å²) in [6, 6.07) is 15.2. The molecule has 0 atom stereocenters. The highest BCUT2D eigenvalue weighted by Gasteiger charge is 2.02. The molecule has 0 aliphatic rings. The van der Waals surface area contributed by atoms with Crippen molar-refractivity contribution in [3.8, 4) is 11.1 Å². The standard InChI is InChI=1S/C17H21N/c1-3-5-13-6-8-15(9-7-13)16-10-11-17(18)14(4-2)12-16/h6-12H,3-5,18H2,1-2H3. The maximum atomic E-state index is 5.94. The van der Waals surface area contributed by atoms with E-state index in [1.807, 2.05) is 6.07 Å². The van der Waals surface area contributed by atoms with Gasteiger partial charge < -0.3 is 5.73 Å². The van der Waals surface area contributed by atoms with Crippen molar-refractivity contribution >= 4 is 5.69 Å². The third-order valence-corrected chi connectivity index (χ3v) is 3.35. The lowest BCUT2D eigenvalue weighted by molar-refractivity contribution is 0.922. The maximum Gasteiger partial charge on any atom is 0.0346 e. The van der Waals surface area contributed by atoms with Crippen LogP contribution in [-0.4, -0.2) is 0 Å². The van der Waals surface area contributed by atoms with E-state index in [1.165, 1.54) is 28.7 Å². The van der Waals surface area contributed by atoms with E-state index in [-0.39, 0.29) is 0 Å². The van der Waals surface area contributed by atoms with Crippen molar-refractivity contribution in [2.24, 2.45) is 0 Å². The van der Waals surface area contributed by atoms with Crippen LogP contribution in [0.15, 0.2) is 42.5 Å². The molecule has 0 aliphatic carbocycles. The molecule has 0 aromatic heterocycles. The van der Waals surface area contributed by atoms with Crippen molar-refractivity contribution < 1.29 is 0 Å². The highest BCUT2D eigenvalue weighted by molar-refractivity contribution is 5.68. The summed E-state index contributed by atoms with van der Waals surface area (Å²) in [5.74, 6) is 0. The molecule has 18 heavy (non-hydrogen) atoms. The molecule has 0 spiro atoms. The van der Waals surface area contributed by atoms with Gasteiger partial charge in [0.05, 0.1) is 0 Å². The molecule has 94 valence electrons. The van der Waals surface area contributed by atoms with E-state index in [1.54, 1.807) is 0 Å². The Morgan fingerprint density at radius 3 is 2.17 bits per heavy atom. The smallest absolute Gasteiger partial charge is 0.0346 e. The first kappa shape index (κ1) is 12.7.